The lowest BCUT2D eigenvalue weighted by Crippen LogP contribution is -2.53. The van der Waals surface area contributed by atoms with E-state index in [2.05, 4.69) is 5.32 Å². The highest BCUT2D eigenvalue weighted by Gasteiger charge is 2.35. The molecule has 3 fully saturated rings. The van der Waals surface area contributed by atoms with Gasteiger partial charge in [0.1, 0.15) is 12.1 Å². The number of esters is 1. The monoisotopic (exact) mass is 352 g/mol. The van der Waals surface area contributed by atoms with Crippen LogP contribution in [0.3, 0.4) is 0 Å². The van der Waals surface area contributed by atoms with Crippen LogP contribution in [0.15, 0.2) is 0 Å². The van der Waals surface area contributed by atoms with Crippen molar-refractivity contribution in [3.05, 3.63) is 0 Å². The van der Waals surface area contributed by atoms with Gasteiger partial charge in [-0.1, -0.05) is 19.3 Å². The van der Waals surface area contributed by atoms with Crippen LogP contribution < -0.4 is 5.32 Å². The molecule has 6 heteroatoms. The number of ether oxygens (including phenoxy) is 1. The van der Waals surface area contributed by atoms with E-state index >= 15 is 0 Å². The van der Waals surface area contributed by atoms with E-state index in [0.29, 0.717) is 19.0 Å². The van der Waals surface area contributed by atoms with Crippen LogP contribution in [-0.4, -0.2) is 53.3 Å². The average Bonchev–Trinajstić information content (AvgIpc) is 3.13. The summed E-state index contributed by atoms with van der Waals surface area (Å²) in [5, 5.41) is 12.7. The third-order valence-corrected chi connectivity index (χ3v) is 6.14. The topological polar surface area (TPSA) is 78.9 Å². The van der Waals surface area contributed by atoms with Gasteiger partial charge in [0.05, 0.1) is 0 Å². The van der Waals surface area contributed by atoms with Crippen LogP contribution in [0.5, 0.6) is 0 Å². The van der Waals surface area contributed by atoms with Crippen molar-refractivity contribution >= 4 is 12.1 Å². The number of carbonyl (C=O) groups is 2. The maximum atomic E-state index is 12.9. The number of hydrogen-bond donors (Lipinski definition) is 2. The van der Waals surface area contributed by atoms with Gasteiger partial charge in [0.2, 0.25) is 0 Å². The number of carboxylic acid groups (broad SMARTS) is 1. The number of hydrogen-bond acceptors (Lipinski definition) is 4. The van der Waals surface area contributed by atoms with Gasteiger partial charge in [0.15, 0.2) is 0 Å². The Morgan fingerprint density at radius 1 is 0.920 bits per heavy atom. The second-order valence-electron chi connectivity index (χ2n) is 7.93. The maximum absolute atomic E-state index is 12.9. The van der Waals surface area contributed by atoms with Crippen LogP contribution in [0, 0.1) is 5.92 Å². The summed E-state index contributed by atoms with van der Waals surface area (Å²) >= 11 is 0. The van der Waals surface area contributed by atoms with Crippen LogP contribution in [0.25, 0.3) is 0 Å². The van der Waals surface area contributed by atoms with Gasteiger partial charge in [-0.2, -0.15) is 0 Å². The molecular formula is C19H32N2O4. The van der Waals surface area contributed by atoms with Gasteiger partial charge >= 0.3 is 12.1 Å². The van der Waals surface area contributed by atoms with Crippen molar-refractivity contribution < 1.29 is 19.4 Å². The molecule has 2 aliphatic carbocycles. The minimum Gasteiger partial charge on any atom is -0.465 e. The first-order valence-corrected chi connectivity index (χ1v) is 10.1. The first-order valence-electron chi connectivity index (χ1n) is 10.1. The smallest absolute Gasteiger partial charge is 0.407 e. The quantitative estimate of drug-likeness (QED) is 0.743. The summed E-state index contributed by atoms with van der Waals surface area (Å²) < 4.78 is 5.82. The summed E-state index contributed by atoms with van der Waals surface area (Å²) in [6, 6.07) is -0.0130. The number of carbonyl (C=O) groups excluding carboxylic acids is 1. The highest BCUT2D eigenvalue weighted by Crippen LogP contribution is 2.29. The lowest BCUT2D eigenvalue weighted by molar-refractivity contribution is -0.153. The Kier molecular flexibility index (Phi) is 6.57. The summed E-state index contributed by atoms with van der Waals surface area (Å²) in [7, 11) is 0. The normalized spacial score (nSPS) is 25.0. The molecule has 1 amide bonds. The molecular weight excluding hydrogens is 320 g/mol. The minimum absolute atomic E-state index is 0.0699. The molecule has 2 saturated carbocycles. The zero-order valence-corrected chi connectivity index (χ0v) is 15.1. The van der Waals surface area contributed by atoms with Crippen molar-refractivity contribution in [1.29, 1.82) is 0 Å². The van der Waals surface area contributed by atoms with Gasteiger partial charge in [-0.05, 0) is 57.3 Å². The lowest BCUT2D eigenvalue weighted by Gasteiger charge is -2.36. The van der Waals surface area contributed by atoms with Crippen LogP contribution in [0.4, 0.5) is 4.79 Å². The van der Waals surface area contributed by atoms with E-state index in [9.17, 15) is 9.59 Å². The fraction of sp³-hybridized carbons (Fsp3) is 0.895. The van der Waals surface area contributed by atoms with Crippen molar-refractivity contribution in [1.82, 2.24) is 10.2 Å². The molecule has 0 radical (unpaired) electrons. The Labute approximate surface area is 150 Å². The molecule has 1 heterocycles. The van der Waals surface area contributed by atoms with Crippen molar-refractivity contribution in [2.75, 3.05) is 13.1 Å². The fourth-order valence-electron chi connectivity index (χ4n) is 4.60. The first-order chi connectivity index (χ1) is 12.1. The molecule has 0 spiro atoms. The largest absolute Gasteiger partial charge is 0.465 e. The van der Waals surface area contributed by atoms with Gasteiger partial charge in [-0.3, -0.25) is 4.79 Å². The molecule has 1 aliphatic heterocycles. The molecule has 3 rings (SSSR count). The van der Waals surface area contributed by atoms with Crippen LogP contribution in [0.1, 0.15) is 70.6 Å². The van der Waals surface area contributed by atoms with Crippen molar-refractivity contribution in [2.24, 2.45) is 5.92 Å². The van der Waals surface area contributed by atoms with E-state index in [1.54, 1.807) is 0 Å². The van der Waals surface area contributed by atoms with E-state index in [-0.39, 0.29) is 24.2 Å². The Hall–Kier alpha value is -1.30. The van der Waals surface area contributed by atoms with Crippen molar-refractivity contribution in [3.8, 4) is 0 Å². The highest BCUT2D eigenvalue weighted by atomic mass is 16.5. The number of amides is 1. The Bertz CT molecular complexity index is 450. The van der Waals surface area contributed by atoms with E-state index < -0.39 is 6.09 Å². The number of likely N-dealkylation sites (tertiary alicyclic amines) is 1. The molecule has 25 heavy (non-hydrogen) atoms. The number of nitrogens with one attached hydrogen (secondary N) is 1. The number of piperidine rings is 1. The van der Waals surface area contributed by atoms with Gasteiger partial charge in [0, 0.05) is 19.1 Å². The zero-order chi connectivity index (χ0) is 17.6. The first kappa shape index (κ1) is 18.5. The fourth-order valence-corrected chi connectivity index (χ4v) is 4.60. The van der Waals surface area contributed by atoms with Crippen LogP contribution >= 0.6 is 0 Å². The molecule has 1 saturated heterocycles. The average molecular weight is 352 g/mol. The van der Waals surface area contributed by atoms with Gasteiger partial charge in [-0.25, -0.2) is 4.79 Å². The zero-order valence-electron chi connectivity index (χ0n) is 15.1. The number of rotatable bonds is 5. The Morgan fingerprint density at radius 2 is 1.52 bits per heavy atom. The molecule has 0 aromatic heterocycles. The maximum Gasteiger partial charge on any atom is 0.407 e. The molecule has 0 bridgehead atoms. The predicted octanol–water partition coefficient (Wildman–Crippen LogP) is 3.15. The second kappa shape index (κ2) is 8.88. The summed E-state index contributed by atoms with van der Waals surface area (Å²) in [6.45, 7) is 1.09. The van der Waals surface area contributed by atoms with Crippen LogP contribution in [-0.2, 0) is 9.53 Å². The summed E-state index contributed by atoms with van der Waals surface area (Å²) in [5.41, 5.74) is 0. The predicted molar refractivity (Wildman–Crippen MR) is 94.5 cm³/mol. The molecule has 0 aromatic rings. The Balaban J connectivity index is 1.57. The SMILES string of the molecule is O=C(OC1CCCC1)C(NC1CCN(C(=O)O)CC1)C1CCCCC1. The van der Waals surface area contributed by atoms with E-state index in [1.165, 1.54) is 24.2 Å². The summed E-state index contributed by atoms with van der Waals surface area (Å²) in [4.78, 5) is 25.4. The summed E-state index contributed by atoms with van der Waals surface area (Å²) in [6.07, 6.45) is 10.9. The van der Waals surface area contributed by atoms with E-state index in [4.69, 9.17) is 9.84 Å². The molecule has 0 aromatic carbocycles. The second-order valence-corrected chi connectivity index (χ2v) is 7.93. The molecule has 142 valence electrons. The standard InChI is InChI=1S/C19H32N2O4/c22-18(25-16-8-4-5-9-16)17(14-6-2-1-3-7-14)20-15-10-12-21(13-11-15)19(23)24/h14-17,20H,1-13H2,(H,23,24). The Morgan fingerprint density at radius 3 is 2.12 bits per heavy atom. The minimum atomic E-state index is -0.845. The van der Waals surface area contributed by atoms with Crippen molar-refractivity contribution in [3.63, 3.8) is 0 Å². The van der Waals surface area contributed by atoms with E-state index in [0.717, 1.165) is 51.4 Å². The lowest BCUT2D eigenvalue weighted by atomic mass is 9.83. The third kappa shape index (κ3) is 5.09. The highest BCUT2D eigenvalue weighted by molar-refractivity contribution is 5.76. The van der Waals surface area contributed by atoms with E-state index in [1.807, 2.05) is 0 Å². The van der Waals surface area contributed by atoms with Crippen molar-refractivity contribution in [2.45, 2.75) is 88.8 Å². The molecule has 3 aliphatic rings. The van der Waals surface area contributed by atoms with Crippen LogP contribution in [0.2, 0.25) is 0 Å². The molecule has 2 N–H and O–H groups in total. The van der Waals surface area contributed by atoms with Gasteiger partial charge in [0.25, 0.3) is 0 Å². The molecule has 1 atom stereocenters. The van der Waals surface area contributed by atoms with Gasteiger partial charge in [-0.15, -0.1) is 0 Å². The third-order valence-electron chi connectivity index (χ3n) is 6.14. The number of nitrogens with zero attached hydrogens (tertiary/aromatic N) is 1. The molecule has 1 unspecified atom stereocenters. The summed E-state index contributed by atoms with van der Waals surface area (Å²) in [5.74, 6) is 0.291. The van der Waals surface area contributed by atoms with Gasteiger partial charge < -0.3 is 20.1 Å². The molecule has 6 nitrogen and oxygen atoms in total.